The van der Waals surface area contributed by atoms with Gasteiger partial charge in [0.1, 0.15) is 0 Å². The Balaban J connectivity index is 1.48. The van der Waals surface area contributed by atoms with Gasteiger partial charge in [-0.1, -0.05) is 24.3 Å². The van der Waals surface area contributed by atoms with E-state index < -0.39 is 0 Å². The first-order chi connectivity index (χ1) is 12.7. The summed E-state index contributed by atoms with van der Waals surface area (Å²) in [5.74, 6) is 1.21. The number of benzene rings is 2. The van der Waals surface area contributed by atoms with Crippen molar-refractivity contribution in [1.82, 2.24) is 9.88 Å². The third-order valence-electron chi connectivity index (χ3n) is 4.90. The second-order valence-electron chi connectivity index (χ2n) is 6.64. The van der Waals surface area contributed by atoms with Crippen molar-refractivity contribution < 1.29 is 14.3 Å². The highest BCUT2D eigenvalue weighted by Crippen LogP contribution is 2.29. The van der Waals surface area contributed by atoms with Crippen LogP contribution in [0.25, 0.3) is 10.9 Å². The number of methoxy groups -OCH3 is 1. The van der Waals surface area contributed by atoms with E-state index in [0.29, 0.717) is 24.6 Å². The molecule has 5 heteroatoms. The average Bonchev–Trinajstić information content (AvgIpc) is 3.02. The molecule has 0 radical (unpaired) electrons. The molecule has 134 valence electrons. The van der Waals surface area contributed by atoms with Crippen molar-refractivity contribution >= 4 is 16.8 Å². The van der Waals surface area contributed by atoms with Gasteiger partial charge < -0.3 is 19.4 Å². The molecule has 1 aliphatic rings. The molecule has 0 saturated heterocycles. The van der Waals surface area contributed by atoms with E-state index in [1.165, 1.54) is 22.2 Å². The summed E-state index contributed by atoms with van der Waals surface area (Å²) in [5, 5.41) is 1.20. The second-order valence-corrected chi connectivity index (χ2v) is 6.64. The van der Waals surface area contributed by atoms with Crippen LogP contribution in [-0.2, 0) is 17.8 Å². The lowest BCUT2D eigenvalue weighted by Gasteiger charge is -2.27. The number of ether oxygens (including phenoxy) is 2. The number of carbonyl (C=O) groups excluding carboxylic acids is 1. The number of rotatable bonds is 4. The summed E-state index contributed by atoms with van der Waals surface area (Å²) < 4.78 is 11.0. The molecule has 0 atom stereocenters. The Morgan fingerprint density at radius 1 is 1.19 bits per heavy atom. The van der Waals surface area contributed by atoms with Crippen LogP contribution in [0.3, 0.4) is 0 Å². The van der Waals surface area contributed by atoms with E-state index in [0.717, 1.165) is 11.9 Å². The van der Waals surface area contributed by atoms with Crippen LogP contribution in [0, 0.1) is 6.92 Å². The lowest BCUT2D eigenvalue weighted by Crippen LogP contribution is -2.38. The van der Waals surface area contributed by atoms with Crippen LogP contribution in [0.4, 0.5) is 0 Å². The van der Waals surface area contributed by atoms with Gasteiger partial charge in [0.2, 0.25) is 0 Å². The molecule has 0 bridgehead atoms. The lowest BCUT2D eigenvalue weighted by molar-refractivity contribution is -0.134. The van der Waals surface area contributed by atoms with E-state index in [4.69, 9.17) is 9.47 Å². The molecule has 1 aliphatic heterocycles. The van der Waals surface area contributed by atoms with Crippen LogP contribution in [0.2, 0.25) is 0 Å². The Morgan fingerprint density at radius 2 is 2.00 bits per heavy atom. The first-order valence-corrected chi connectivity index (χ1v) is 8.79. The van der Waals surface area contributed by atoms with Gasteiger partial charge in [0.25, 0.3) is 5.91 Å². The number of para-hydroxylation sites is 2. The van der Waals surface area contributed by atoms with E-state index >= 15 is 0 Å². The number of amides is 1. The van der Waals surface area contributed by atoms with E-state index in [1.807, 2.05) is 29.2 Å². The van der Waals surface area contributed by atoms with Gasteiger partial charge in [0.05, 0.1) is 7.11 Å². The number of nitrogens with one attached hydrogen (secondary N) is 1. The number of fused-ring (bicyclic) bond motifs is 3. The molecule has 1 amide bonds. The summed E-state index contributed by atoms with van der Waals surface area (Å²) in [5.41, 5.74) is 4.83. The van der Waals surface area contributed by atoms with Crippen LogP contribution in [0.1, 0.15) is 16.8 Å². The van der Waals surface area contributed by atoms with Gasteiger partial charge in [0, 0.05) is 41.7 Å². The van der Waals surface area contributed by atoms with Crippen LogP contribution < -0.4 is 9.47 Å². The standard InChI is InChI=1S/C21H22N2O3/c1-14-7-8-15-16-12-23(10-9-17(16)22-18(15)11-14)21(24)13-26-20-6-4-3-5-19(20)25-2/h3-8,11,22H,9-10,12-13H2,1-2H3. The number of H-pyrrole nitrogens is 1. The lowest BCUT2D eigenvalue weighted by atomic mass is 10.0. The second kappa shape index (κ2) is 6.75. The molecule has 26 heavy (non-hydrogen) atoms. The van der Waals surface area contributed by atoms with Gasteiger partial charge in [-0.15, -0.1) is 0 Å². The van der Waals surface area contributed by atoms with Gasteiger partial charge in [-0.05, 0) is 30.7 Å². The zero-order valence-corrected chi connectivity index (χ0v) is 15.0. The van der Waals surface area contributed by atoms with Gasteiger partial charge >= 0.3 is 0 Å². The molecule has 0 aliphatic carbocycles. The number of aromatic nitrogens is 1. The predicted molar refractivity (Wildman–Crippen MR) is 101 cm³/mol. The molecule has 0 spiro atoms. The van der Waals surface area contributed by atoms with E-state index in [-0.39, 0.29) is 12.5 Å². The number of aryl methyl sites for hydroxylation is 1. The van der Waals surface area contributed by atoms with Crippen molar-refractivity contribution in [1.29, 1.82) is 0 Å². The molecule has 0 fully saturated rings. The fourth-order valence-corrected chi connectivity index (χ4v) is 3.52. The molecule has 1 aromatic heterocycles. The van der Waals surface area contributed by atoms with Gasteiger partial charge in [-0.2, -0.15) is 0 Å². The maximum Gasteiger partial charge on any atom is 0.260 e. The smallest absolute Gasteiger partial charge is 0.260 e. The molecular weight excluding hydrogens is 328 g/mol. The average molecular weight is 350 g/mol. The summed E-state index contributed by atoms with van der Waals surface area (Å²) in [4.78, 5) is 18.0. The Bertz CT molecular complexity index is 961. The Morgan fingerprint density at radius 3 is 2.81 bits per heavy atom. The van der Waals surface area contributed by atoms with Crippen LogP contribution in [0.15, 0.2) is 42.5 Å². The first-order valence-electron chi connectivity index (χ1n) is 8.79. The highest BCUT2D eigenvalue weighted by Gasteiger charge is 2.24. The van der Waals surface area contributed by atoms with Crippen molar-refractivity contribution in [3.8, 4) is 11.5 Å². The zero-order chi connectivity index (χ0) is 18.1. The van der Waals surface area contributed by atoms with Crippen molar-refractivity contribution in [2.24, 2.45) is 0 Å². The zero-order valence-electron chi connectivity index (χ0n) is 15.0. The summed E-state index contributed by atoms with van der Waals surface area (Å²) in [6, 6.07) is 13.8. The molecule has 2 heterocycles. The van der Waals surface area contributed by atoms with Crippen molar-refractivity contribution in [3.05, 3.63) is 59.3 Å². The first kappa shape index (κ1) is 16.5. The monoisotopic (exact) mass is 350 g/mol. The van der Waals surface area contributed by atoms with Crippen LogP contribution in [0.5, 0.6) is 11.5 Å². The highest BCUT2D eigenvalue weighted by atomic mass is 16.5. The fourth-order valence-electron chi connectivity index (χ4n) is 3.52. The Hall–Kier alpha value is -2.95. The van der Waals surface area contributed by atoms with Crippen LogP contribution >= 0.6 is 0 Å². The quantitative estimate of drug-likeness (QED) is 0.784. The van der Waals surface area contributed by atoms with Gasteiger partial charge in [-0.3, -0.25) is 4.79 Å². The molecule has 1 N–H and O–H groups in total. The third kappa shape index (κ3) is 3.01. The molecular formula is C21H22N2O3. The largest absolute Gasteiger partial charge is 0.493 e. The van der Waals surface area contributed by atoms with E-state index in [1.54, 1.807) is 7.11 Å². The fraction of sp³-hybridized carbons (Fsp3) is 0.286. The SMILES string of the molecule is COc1ccccc1OCC(=O)N1CCc2[nH]c3cc(C)ccc3c2C1. The Kier molecular flexibility index (Phi) is 4.29. The van der Waals surface area contributed by atoms with Crippen molar-refractivity contribution in [3.63, 3.8) is 0 Å². The number of carbonyl (C=O) groups is 1. The van der Waals surface area contributed by atoms with E-state index in [2.05, 4.69) is 30.1 Å². The topological polar surface area (TPSA) is 54.6 Å². The summed E-state index contributed by atoms with van der Waals surface area (Å²) in [6.07, 6.45) is 0.837. The minimum absolute atomic E-state index is 0.0111. The third-order valence-corrected chi connectivity index (χ3v) is 4.90. The molecule has 5 nitrogen and oxygen atoms in total. The minimum atomic E-state index is -0.0111. The molecule has 2 aromatic carbocycles. The Labute approximate surface area is 152 Å². The van der Waals surface area contributed by atoms with Crippen molar-refractivity contribution in [2.45, 2.75) is 19.9 Å². The molecule has 4 rings (SSSR count). The molecule has 3 aromatic rings. The maximum atomic E-state index is 12.6. The van der Waals surface area contributed by atoms with Gasteiger partial charge in [0.15, 0.2) is 18.1 Å². The van der Waals surface area contributed by atoms with E-state index in [9.17, 15) is 4.79 Å². The number of aromatic amines is 1. The van der Waals surface area contributed by atoms with Gasteiger partial charge in [-0.25, -0.2) is 0 Å². The summed E-state index contributed by atoms with van der Waals surface area (Å²) >= 11 is 0. The minimum Gasteiger partial charge on any atom is -0.493 e. The number of hydrogen-bond donors (Lipinski definition) is 1. The molecule has 0 saturated carbocycles. The number of hydrogen-bond acceptors (Lipinski definition) is 3. The van der Waals surface area contributed by atoms with Crippen LogP contribution in [-0.4, -0.2) is 36.1 Å². The summed E-state index contributed by atoms with van der Waals surface area (Å²) in [6.45, 7) is 3.42. The number of nitrogens with zero attached hydrogens (tertiary/aromatic N) is 1. The maximum absolute atomic E-state index is 12.6. The predicted octanol–water partition coefficient (Wildman–Crippen LogP) is 3.45. The highest BCUT2D eigenvalue weighted by molar-refractivity contribution is 5.86. The molecule has 0 unspecified atom stereocenters. The van der Waals surface area contributed by atoms with Crippen molar-refractivity contribution in [2.75, 3.05) is 20.3 Å². The summed E-state index contributed by atoms with van der Waals surface area (Å²) in [7, 11) is 1.59. The normalized spacial score (nSPS) is 13.5.